The van der Waals surface area contributed by atoms with E-state index in [2.05, 4.69) is 4.98 Å². The van der Waals surface area contributed by atoms with Crippen LogP contribution in [-0.4, -0.2) is 10.9 Å². The first-order chi connectivity index (χ1) is 9.63. The molecule has 0 aliphatic rings. The molecule has 0 aliphatic heterocycles. The Morgan fingerprint density at radius 2 is 2.00 bits per heavy atom. The van der Waals surface area contributed by atoms with Crippen molar-refractivity contribution in [2.75, 3.05) is 5.73 Å². The first kappa shape index (κ1) is 12.6. The second-order valence-electron chi connectivity index (χ2n) is 4.17. The van der Waals surface area contributed by atoms with E-state index in [-0.39, 0.29) is 0 Å². The third kappa shape index (κ3) is 2.33. The number of nitrogens with zero attached hydrogens (tertiary/aromatic N) is 1. The van der Waals surface area contributed by atoms with Crippen molar-refractivity contribution >= 4 is 34.5 Å². The molecule has 5 nitrogen and oxygen atoms in total. The van der Waals surface area contributed by atoms with Crippen molar-refractivity contribution in [1.29, 1.82) is 0 Å². The van der Waals surface area contributed by atoms with Gasteiger partial charge in [-0.1, -0.05) is 12.1 Å². The zero-order valence-corrected chi connectivity index (χ0v) is 11.2. The lowest BCUT2D eigenvalue weighted by Crippen LogP contribution is -2.11. The smallest absolute Gasteiger partial charge is 0.261 e. The summed E-state index contributed by atoms with van der Waals surface area (Å²) in [7, 11) is 0. The molecule has 4 N–H and O–H groups in total. The van der Waals surface area contributed by atoms with Crippen molar-refractivity contribution in [2.24, 2.45) is 5.73 Å². The Balaban J connectivity index is 1.92. The highest BCUT2D eigenvalue weighted by Gasteiger charge is 2.10. The number of primary amides is 1. The normalized spacial score (nSPS) is 10.8. The molecule has 20 heavy (non-hydrogen) atoms. The minimum absolute atomic E-state index is 0.379. The van der Waals surface area contributed by atoms with Crippen LogP contribution in [0.25, 0.3) is 11.1 Å². The monoisotopic (exact) mass is 285 g/mol. The van der Waals surface area contributed by atoms with E-state index < -0.39 is 5.91 Å². The highest BCUT2D eigenvalue weighted by Crippen LogP contribution is 2.33. The van der Waals surface area contributed by atoms with Crippen molar-refractivity contribution in [3.63, 3.8) is 0 Å². The zero-order valence-electron chi connectivity index (χ0n) is 10.4. The molecule has 0 atom stereocenters. The number of rotatable bonds is 3. The standard InChI is InChI=1S/C14H11N3O2S/c15-9-7-8(13(16)18)5-6-12(9)20-14-17-10-3-1-2-4-11(10)19-14/h1-7H,15H2,(H2,16,18). The van der Waals surface area contributed by atoms with Crippen LogP contribution in [0.5, 0.6) is 0 Å². The Hall–Kier alpha value is -2.47. The zero-order chi connectivity index (χ0) is 14.1. The summed E-state index contributed by atoms with van der Waals surface area (Å²) in [4.78, 5) is 16.2. The molecule has 0 radical (unpaired) electrons. The number of hydrogen-bond donors (Lipinski definition) is 2. The lowest BCUT2D eigenvalue weighted by Gasteiger charge is -2.03. The predicted molar refractivity (Wildman–Crippen MR) is 77.5 cm³/mol. The summed E-state index contributed by atoms with van der Waals surface area (Å²) in [5.41, 5.74) is 13.5. The molecule has 0 bridgehead atoms. The average molecular weight is 285 g/mol. The lowest BCUT2D eigenvalue weighted by atomic mass is 10.2. The summed E-state index contributed by atoms with van der Waals surface area (Å²) in [6.07, 6.45) is 0. The number of hydrogen-bond acceptors (Lipinski definition) is 5. The number of oxazole rings is 1. The average Bonchev–Trinajstić information content (AvgIpc) is 2.83. The van der Waals surface area contributed by atoms with Crippen molar-refractivity contribution in [3.05, 3.63) is 48.0 Å². The molecular formula is C14H11N3O2S. The van der Waals surface area contributed by atoms with Crippen molar-refractivity contribution in [3.8, 4) is 0 Å². The number of carbonyl (C=O) groups excluding carboxylic acids is 1. The summed E-state index contributed by atoms with van der Waals surface area (Å²) >= 11 is 1.31. The molecule has 0 fully saturated rings. The fourth-order valence-electron chi connectivity index (χ4n) is 1.78. The molecule has 2 aromatic carbocycles. The van der Waals surface area contributed by atoms with Gasteiger partial charge in [-0.2, -0.15) is 0 Å². The molecule has 0 aliphatic carbocycles. The fraction of sp³-hybridized carbons (Fsp3) is 0. The van der Waals surface area contributed by atoms with Crippen LogP contribution < -0.4 is 11.5 Å². The maximum Gasteiger partial charge on any atom is 0.261 e. The van der Waals surface area contributed by atoms with Gasteiger partial charge in [-0.05, 0) is 42.1 Å². The van der Waals surface area contributed by atoms with Crippen molar-refractivity contribution in [2.45, 2.75) is 10.1 Å². The van der Waals surface area contributed by atoms with Gasteiger partial charge in [0.15, 0.2) is 5.58 Å². The van der Waals surface area contributed by atoms with E-state index in [1.165, 1.54) is 11.8 Å². The molecule has 3 rings (SSSR count). The molecule has 1 heterocycles. The van der Waals surface area contributed by atoms with Crippen molar-refractivity contribution < 1.29 is 9.21 Å². The van der Waals surface area contributed by atoms with E-state index in [0.717, 1.165) is 16.0 Å². The highest BCUT2D eigenvalue weighted by molar-refractivity contribution is 7.99. The van der Waals surface area contributed by atoms with E-state index in [1.54, 1.807) is 18.2 Å². The first-order valence-electron chi connectivity index (χ1n) is 5.86. The first-order valence-corrected chi connectivity index (χ1v) is 6.68. The largest absolute Gasteiger partial charge is 0.431 e. The van der Waals surface area contributed by atoms with Gasteiger partial charge in [-0.25, -0.2) is 4.98 Å². The molecule has 3 aromatic rings. The highest BCUT2D eigenvalue weighted by atomic mass is 32.2. The van der Waals surface area contributed by atoms with E-state index in [9.17, 15) is 4.79 Å². The minimum Gasteiger partial charge on any atom is -0.431 e. The van der Waals surface area contributed by atoms with Crippen LogP contribution in [0.4, 0.5) is 5.69 Å². The third-order valence-electron chi connectivity index (χ3n) is 2.77. The second kappa shape index (κ2) is 4.90. The summed E-state index contributed by atoms with van der Waals surface area (Å²) in [5, 5.41) is 0.504. The number of benzene rings is 2. The fourth-order valence-corrected chi connectivity index (χ4v) is 2.56. The van der Waals surface area contributed by atoms with Crippen LogP contribution in [0.1, 0.15) is 10.4 Å². The van der Waals surface area contributed by atoms with E-state index >= 15 is 0 Å². The molecule has 100 valence electrons. The molecule has 1 amide bonds. The lowest BCUT2D eigenvalue weighted by molar-refractivity contribution is 0.100. The Morgan fingerprint density at radius 1 is 1.20 bits per heavy atom. The number of nitrogens with two attached hydrogens (primary N) is 2. The molecule has 6 heteroatoms. The molecule has 0 saturated heterocycles. The Labute approximate surface area is 119 Å². The molecule has 0 saturated carbocycles. The summed E-state index contributed by atoms with van der Waals surface area (Å²) in [5.74, 6) is -0.505. The summed E-state index contributed by atoms with van der Waals surface area (Å²) < 4.78 is 5.61. The van der Waals surface area contributed by atoms with Gasteiger partial charge in [0, 0.05) is 16.1 Å². The number of carbonyl (C=O) groups is 1. The van der Waals surface area contributed by atoms with Crippen LogP contribution in [0, 0.1) is 0 Å². The van der Waals surface area contributed by atoms with Gasteiger partial charge >= 0.3 is 0 Å². The van der Waals surface area contributed by atoms with Crippen LogP contribution >= 0.6 is 11.8 Å². The predicted octanol–water partition coefficient (Wildman–Crippen LogP) is 2.66. The van der Waals surface area contributed by atoms with Crippen molar-refractivity contribution in [1.82, 2.24) is 4.98 Å². The van der Waals surface area contributed by atoms with Crippen LogP contribution in [0.3, 0.4) is 0 Å². The quantitative estimate of drug-likeness (QED) is 0.721. The van der Waals surface area contributed by atoms with Gasteiger partial charge in [0.05, 0.1) is 0 Å². The topological polar surface area (TPSA) is 95.1 Å². The summed E-state index contributed by atoms with van der Waals surface area (Å²) in [6.45, 7) is 0. The van der Waals surface area contributed by atoms with Crippen LogP contribution in [0.15, 0.2) is 57.0 Å². The second-order valence-corrected chi connectivity index (χ2v) is 5.16. The molecule has 0 spiro atoms. The van der Waals surface area contributed by atoms with E-state index in [1.807, 2.05) is 24.3 Å². The maximum atomic E-state index is 11.1. The summed E-state index contributed by atoms with van der Waals surface area (Å²) in [6, 6.07) is 12.4. The SMILES string of the molecule is NC(=O)c1ccc(Sc2nc3ccccc3o2)c(N)c1. The van der Waals surface area contributed by atoms with Gasteiger partial charge in [0.2, 0.25) is 5.91 Å². The minimum atomic E-state index is -0.505. The molecule has 0 unspecified atom stereocenters. The Morgan fingerprint density at radius 3 is 2.70 bits per heavy atom. The number of fused-ring (bicyclic) bond motifs is 1. The number of anilines is 1. The van der Waals surface area contributed by atoms with Crippen LogP contribution in [0.2, 0.25) is 0 Å². The van der Waals surface area contributed by atoms with Gasteiger partial charge in [0.1, 0.15) is 5.52 Å². The molecular weight excluding hydrogens is 274 g/mol. The van der Waals surface area contributed by atoms with Gasteiger partial charge in [-0.15, -0.1) is 0 Å². The van der Waals surface area contributed by atoms with Gasteiger partial charge < -0.3 is 15.9 Å². The number of nitrogen functional groups attached to an aromatic ring is 1. The third-order valence-corrected chi connectivity index (χ3v) is 3.71. The van der Waals surface area contributed by atoms with E-state index in [4.69, 9.17) is 15.9 Å². The molecule has 1 aromatic heterocycles. The number of amides is 1. The van der Waals surface area contributed by atoms with Gasteiger partial charge in [0.25, 0.3) is 5.22 Å². The van der Waals surface area contributed by atoms with E-state index in [0.29, 0.717) is 16.5 Å². The van der Waals surface area contributed by atoms with Crippen LogP contribution in [-0.2, 0) is 0 Å². The maximum absolute atomic E-state index is 11.1. The Bertz CT molecular complexity index is 765. The number of para-hydroxylation sites is 2. The number of aromatic nitrogens is 1. The van der Waals surface area contributed by atoms with Gasteiger partial charge in [-0.3, -0.25) is 4.79 Å². The Kier molecular flexibility index (Phi) is 3.08.